The lowest BCUT2D eigenvalue weighted by molar-refractivity contribution is 0.346. The van der Waals surface area contributed by atoms with Crippen LogP contribution in [-0.4, -0.2) is 47.9 Å². The maximum absolute atomic E-state index is 4.51. The normalized spacial score (nSPS) is 16.4. The van der Waals surface area contributed by atoms with Gasteiger partial charge >= 0.3 is 0 Å². The minimum Gasteiger partial charge on any atom is -0.358 e. The van der Waals surface area contributed by atoms with Crippen molar-refractivity contribution < 1.29 is 0 Å². The molecule has 0 radical (unpaired) electrons. The largest absolute Gasteiger partial charge is 0.358 e. The van der Waals surface area contributed by atoms with Gasteiger partial charge in [0.05, 0.1) is 5.69 Å². The highest BCUT2D eigenvalue weighted by Gasteiger charge is 2.17. The monoisotopic (exact) mass is 314 g/mol. The van der Waals surface area contributed by atoms with E-state index in [2.05, 4.69) is 44.8 Å². The van der Waals surface area contributed by atoms with Crippen LogP contribution in [0.3, 0.4) is 0 Å². The van der Waals surface area contributed by atoms with E-state index in [0.717, 1.165) is 24.1 Å². The summed E-state index contributed by atoms with van der Waals surface area (Å²) >= 11 is 3.57. The molecule has 0 N–H and O–H groups in total. The molecule has 1 aromatic heterocycles. The number of nitrogens with zero attached hydrogens (tertiary/aromatic N) is 4. The van der Waals surface area contributed by atoms with Gasteiger partial charge in [-0.25, -0.2) is 0 Å². The molecule has 0 aromatic carbocycles. The fourth-order valence-electron chi connectivity index (χ4n) is 2.73. The summed E-state index contributed by atoms with van der Waals surface area (Å²) in [7, 11) is 4.19. The Balaban J connectivity index is 2.01. The van der Waals surface area contributed by atoms with Crippen LogP contribution in [0.4, 0.5) is 5.82 Å². The number of halogens is 1. The number of rotatable bonds is 5. The van der Waals surface area contributed by atoms with Gasteiger partial charge in [-0.2, -0.15) is 5.10 Å². The topological polar surface area (TPSA) is 24.3 Å². The molecule has 102 valence electrons. The molecule has 2 heterocycles. The number of anilines is 1. The average molecular weight is 315 g/mol. The standard InChI is InChI=1S/C13H23BrN4/c1-11-12(10-14)13(17(3)15-11)16(2)8-9-18-6-4-5-7-18/h4-10H2,1-3H3. The van der Waals surface area contributed by atoms with E-state index < -0.39 is 0 Å². The predicted molar refractivity (Wildman–Crippen MR) is 79.5 cm³/mol. The first-order chi connectivity index (χ1) is 8.63. The molecule has 4 nitrogen and oxygen atoms in total. The fourth-order valence-corrected chi connectivity index (χ4v) is 3.38. The van der Waals surface area contributed by atoms with Gasteiger partial charge in [0.1, 0.15) is 5.82 Å². The second-order valence-electron chi connectivity index (χ2n) is 5.12. The molecule has 0 unspecified atom stereocenters. The van der Waals surface area contributed by atoms with Crippen molar-refractivity contribution in [2.45, 2.75) is 25.1 Å². The highest BCUT2D eigenvalue weighted by Crippen LogP contribution is 2.24. The van der Waals surface area contributed by atoms with Gasteiger partial charge in [-0.15, -0.1) is 0 Å². The second kappa shape index (κ2) is 6.06. The summed E-state index contributed by atoms with van der Waals surface area (Å²) in [4.78, 5) is 4.88. The van der Waals surface area contributed by atoms with Crippen LogP contribution in [0.5, 0.6) is 0 Å². The highest BCUT2D eigenvalue weighted by molar-refractivity contribution is 9.08. The van der Waals surface area contributed by atoms with E-state index >= 15 is 0 Å². The number of hydrogen-bond donors (Lipinski definition) is 0. The SMILES string of the molecule is Cc1nn(C)c(N(C)CCN2CCCC2)c1CBr. The first-order valence-corrected chi connectivity index (χ1v) is 7.77. The number of aryl methyl sites for hydroxylation is 2. The van der Waals surface area contributed by atoms with Crippen LogP contribution in [0.25, 0.3) is 0 Å². The Bertz CT molecular complexity index is 396. The van der Waals surface area contributed by atoms with Crippen molar-refractivity contribution in [1.29, 1.82) is 0 Å². The molecule has 2 rings (SSSR count). The van der Waals surface area contributed by atoms with Crippen LogP contribution in [0.2, 0.25) is 0 Å². The number of alkyl halides is 1. The molecule has 1 aliphatic rings. The molecule has 5 heteroatoms. The van der Waals surface area contributed by atoms with Gasteiger partial charge in [-0.1, -0.05) is 15.9 Å². The molecule has 1 aromatic rings. The third-order valence-electron chi connectivity index (χ3n) is 3.76. The summed E-state index contributed by atoms with van der Waals surface area (Å²) in [5, 5.41) is 5.39. The highest BCUT2D eigenvalue weighted by atomic mass is 79.9. The van der Waals surface area contributed by atoms with Gasteiger partial charge in [0.2, 0.25) is 0 Å². The first kappa shape index (κ1) is 13.9. The van der Waals surface area contributed by atoms with Crippen LogP contribution >= 0.6 is 15.9 Å². The van der Waals surface area contributed by atoms with Crippen molar-refractivity contribution >= 4 is 21.7 Å². The van der Waals surface area contributed by atoms with E-state index in [0.29, 0.717) is 0 Å². The molecule has 0 amide bonds. The second-order valence-corrected chi connectivity index (χ2v) is 5.68. The summed E-state index contributed by atoms with van der Waals surface area (Å²) in [5.41, 5.74) is 2.43. The molecular formula is C13H23BrN4. The van der Waals surface area contributed by atoms with Gasteiger partial charge in [-0.05, 0) is 32.9 Å². The molecule has 0 atom stereocenters. The summed E-state index contributed by atoms with van der Waals surface area (Å²) < 4.78 is 2.00. The molecule has 18 heavy (non-hydrogen) atoms. The van der Waals surface area contributed by atoms with E-state index in [1.807, 2.05) is 11.7 Å². The Morgan fingerprint density at radius 2 is 2.00 bits per heavy atom. The average Bonchev–Trinajstić information content (AvgIpc) is 2.93. The Morgan fingerprint density at radius 1 is 1.33 bits per heavy atom. The van der Waals surface area contributed by atoms with E-state index in [9.17, 15) is 0 Å². The Morgan fingerprint density at radius 3 is 2.61 bits per heavy atom. The lowest BCUT2D eigenvalue weighted by Gasteiger charge is -2.24. The van der Waals surface area contributed by atoms with Crippen molar-refractivity contribution in [1.82, 2.24) is 14.7 Å². The van der Waals surface area contributed by atoms with Crippen LogP contribution in [0, 0.1) is 6.92 Å². The number of likely N-dealkylation sites (tertiary alicyclic amines) is 1. The minimum absolute atomic E-state index is 0.871. The molecule has 1 saturated heterocycles. The van der Waals surface area contributed by atoms with Crippen LogP contribution < -0.4 is 4.90 Å². The Labute approximate surface area is 118 Å². The van der Waals surface area contributed by atoms with Gasteiger partial charge in [0, 0.05) is 38.1 Å². The van der Waals surface area contributed by atoms with Crippen molar-refractivity contribution in [3.8, 4) is 0 Å². The first-order valence-electron chi connectivity index (χ1n) is 6.65. The zero-order chi connectivity index (χ0) is 13.1. The van der Waals surface area contributed by atoms with Crippen molar-refractivity contribution in [3.63, 3.8) is 0 Å². The molecule has 0 spiro atoms. The zero-order valence-corrected chi connectivity index (χ0v) is 13.2. The molecule has 1 aliphatic heterocycles. The number of aromatic nitrogens is 2. The quantitative estimate of drug-likeness (QED) is 0.778. The predicted octanol–water partition coefficient (Wildman–Crippen LogP) is 2.16. The fraction of sp³-hybridized carbons (Fsp3) is 0.769. The van der Waals surface area contributed by atoms with E-state index in [1.54, 1.807) is 0 Å². The smallest absolute Gasteiger partial charge is 0.130 e. The lowest BCUT2D eigenvalue weighted by Crippen LogP contribution is -2.32. The molecule has 1 fully saturated rings. The van der Waals surface area contributed by atoms with Crippen molar-refractivity contribution in [3.05, 3.63) is 11.3 Å². The van der Waals surface area contributed by atoms with Crippen LogP contribution in [0.1, 0.15) is 24.1 Å². The summed E-state index contributed by atoms with van der Waals surface area (Å²) in [6.07, 6.45) is 2.72. The van der Waals surface area contributed by atoms with E-state index in [1.165, 1.54) is 37.3 Å². The summed E-state index contributed by atoms with van der Waals surface area (Å²) in [6, 6.07) is 0. The Kier molecular flexibility index (Phi) is 4.67. The van der Waals surface area contributed by atoms with Gasteiger partial charge < -0.3 is 9.80 Å². The Hall–Kier alpha value is -0.550. The minimum atomic E-state index is 0.871. The zero-order valence-electron chi connectivity index (χ0n) is 11.6. The van der Waals surface area contributed by atoms with Gasteiger partial charge in [0.25, 0.3) is 0 Å². The number of hydrogen-bond acceptors (Lipinski definition) is 3. The third kappa shape index (κ3) is 2.88. The maximum atomic E-state index is 4.51. The number of likely N-dealkylation sites (N-methyl/N-ethyl adjacent to an activating group) is 1. The van der Waals surface area contributed by atoms with Crippen molar-refractivity contribution in [2.75, 3.05) is 38.1 Å². The van der Waals surface area contributed by atoms with Crippen molar-refractivity contribution in [2.24, 2.45) is 7.05 Å². The van der Waals surface area contributed by atoms with E-state index in [4.69, 9.17) is 0 Å². The molecule has 0 bridgehead atoms. The van der Waals surface area contributed by atoms with Gasteiger partial charge in [-0.3, -0.25) is 4.68 Å². The third-order valence-corrected chi connectivity index (χ3v) is 4.32. The molecule has 0 saturated carbocycles. The lowest BCUT2D eigenvalue weighted by atomic mass is 10.2. The van der Waals surface area contributed by atoms with Crippen LogP contribution in [-0.2, 0) is 12.4 Å². The molecule has 0 aliphatic carbocycles. The summed E-state index contributed by atoms with van der Waals surface area (Å²) in [5.74, 6) is 1.24. The maximum Gasteiger partial charge on any atom is 0.130 e. The summed E-state index contributed by atoms with van der Waals surface area (Å²) in [6.45, 7) is 6.84. The van der Waals surface area contributed by atoms with Crippen LogP contribution in [0.15, 0.2) is 0 Å². The van der Waals surface area contributed by atoms with Gasteiger partial charge in [0.15, 0.2) is 0 Å². The molecular weight excluding hydrogens is 292 g/mol. The van der Waals surface area contributed by atoms with E-state index in [-0.39, 0.29) is 0 Å².